The van der Waals surface area contributed by atoms with Gasteiger partial charge in [0.2, 0.25) is 0 Å². The molecule has 1 atom stereocenters. The van der Waals surface area contributed by atoms with Crippen molar-refractivity contribution in [3.05, 3.63) is 35.9 Å². The van der Waals surface area contributed by atoms with Crippen molar-refractivity contribution >= 4 is 0 Å². The first-order valence-electron chi connectivity index (χ1n) is 7.28. The topological polar surface area (TPSA) is 15.3 Å². The van der Waals surface area contributed by atoms with Crippen LogP contribution in [0.25, 0.3) is 0 Å². The first-order chi connectivity index (χ1) is 8.77. The molecule has 2 heteroatoms. The zero-order valence-electron chi connectivity index (χ0n) is 11.7. The molecule has 1 N–H and O–H groups in total. The van der Waals surface area contributed by atoms with Gasteiger partial charge in [0.25, 0.3) is 0 Å². The van der Waals surface area contributed by atoms with Crippen LogP contribution in [0.3, 0.4) is 0 Å². The average Bonchev–Trinajstić information content (AvgIpc) is 2.88. The predicted molar refractivity (Wildman–Crippen MR) is 77.7 cm³/mol. The van der Waals surface area contributed by atoms with Crippen LogP contribution in [0.1, 0.15) is 38.3 Å². The van der Waals surface area contributed by atoms with Crippen molar-refractivity contribution < 1.29 is 0 Å². The summed E-state index contributed by atoms with van der Waals surface area (Å²) in [5.74, 6) is 0.631. The molecule has 0 bridgehead atoms. The molecule has 0 aliphatic carbocycles. The zero-order valence-corrected chi connectivity index (χ0v) is 11.7. The van der Waals surface area contributed by atoms with Crippen molar-refractivity contribution in [1.82, 2.24) is 10.2 Å². The fourth-order valence-electron chi connectivity index (χ4n) is 2.78. The molecule has 2 nitrogen and oxygen atoms in total. The van der Waals surface area contributed by atoms with Gasteiger partial charge in [-0.05, 0) is 37.4 Å². The van der Waals surface area contributed by atoms with Crippen molar-refractivity contribution in [2.75, 3.05) is 26.2 Å². The van der Waals surface area contributed by atoms with Gasteiger partial charge in [-0.3, -0.25) is 0 Å². The normalized spacial score (nSPS) is 18.4. The minimum atomic E-state index is 0.480. The van der Waals surface area contributed by atoms with Gasteiger partial charge in [0.05, 0.1) is 0 Å². The summed E-state index contributed by atoms with van der Waals surface area (Å²) in [4.78, 5) is 2.56. The standard InChI is InChI=1S/C16H26N2/c1-14(2)16(15-8-4-3-5-9-15)17-10-13-18-11-6-7-12-18/h3-5,8-9,14,16-17H,6-7,10-13H2,1-2H3. The minimum Gasteiger partial charge on any atom is -0.308 e. The summed E-state index contributed by atoms with van der Waals surface area (Å²) in [6.07, 6.45) is 2.76. The van der Waals surface area contributed by atoms with Crippen LogP contribution in [0, 0.1) is 5.92 Å². The summed E-state index contributed by atoms with van der Waals surface area (Å²) in [5, 5.41) is 3.72. The Morgan fingerprint density at radius 1 is 1.11 bits per heavy atom. The Hall–Kier alpha value is -0.860. The van der Waals surface area contributed by atoms with E-state index in [0.29, 0.717) is 12.0 Å². The quantitative estimate of drug-likeness (QED) is 0.830. The Balaban J connectivity index is 1.83. The molecule has 18 heavy (non-hydrogen) atoms. The Labute approximate surface area is 111 Å². The summed E-state index contributed by atoms with van der Waals surface area (Å²) in [5.41, 5.74) is 1.41. The van der Waals surface area contributed by atoms with Gasteiger partial charge >= 0.3 is 0 Å². The van der Waals surface area contributed by atoms with Crippen LogP contribution < -0.4 is 5.32 Å². The van der Waals surface area contributed by atoms with Crippen LogP contribution in [0.4, 0.5) is 0 Å². The summed E-state index contributed by atoms with van der Waals surface area (Å²) in [7, 11) is 0. The van der Waals surface area contributed by atoms with Gasteiger partial charge in [-0.2, -0.15) is 0 Å². The minimum absolute atomic E-state index is 0.480. The molecule has 1 unspecified atom stereocenters. The molecular weight excluding hydrogens is 220 g/mol. The van der Waals surface area contributed by atoms with Gasteiger partial charge in [0.15, 0.2) is 0 Å². The van der Waals surface area contributed by atoms with E-state index in [0.717, 1.165) is 6.54 Å². The maximum Gasteiger partial charge on any atom is 0.0343 e. The molecule has 2 rings (SSSR count). The van der Waals surface area contributed by atoms with Gasteiger partial charge < -0.3 is 10.2 Å². The number of nitrogens with one attached hydrogen (secondary N) is 1. The van der Waals surface area contributed by atoms with Crippen molar-refractivity contribution in [3.8, 4) is 0 Å². The van der Waals surface area contributed by atoms with E-state index < -0.39 is 0 Å². The first-order valence-corrected chi connectivity index (χ1v) is 7.28. The number of benzene rings is 1. The number of likely N-dealkylation sites (tertiary alicyclic amines) is 1. The molecule has 0 amide bonds. The SMILES string of the molecule is CC(C)C(NCCN1CCCC1)c1ccccc1. The fraction of sp³-hybridized carbons (Fsp3) is 0.625. The van der Waals surface area contributed by atoms with Gasteiger partial charge in [-0.15, -0.1) is 0 Å². The van der Waals surface area contributed by atoms with E-state index in [2.05, 4.69) is 54.4 Å². The molecule has 100 valence electrons. The third-order valence-electron chi connectivity index (χ3n) is 3.82. The highest BCUT2D eigenvalue weighted by molar-refractivity contribution is 5.19. The molecule has 1 aromatic rings. The Morgan fingerprint density at radius 2 is 1.78 bits per heavy atom. The van der Waals surface area contributed by atoms with Gasteiger partial charge in [0, 0.05) is 19.1 Å². The lowest BCUT2D eigenvalue weighted by molar-refractivity contribution is 0.314. The highest BCUT2D eigenvalue weighted by Gasteiger charge is 2.16. The molecule has 0 aromatic heterocycles. The van der Waals surface area contributed by atoms with Crippen LogP contribution in [0.15, 0.2) is 30.3 Å². The van der Waals surface area contributed by atoms with Crippen molar-refractivity contribution in [2.24, 2.45) is 5.92 Å². The second kappa shape index (κ2) is 6.91. The average molecular weight is 246 g/mol. The van der Waals surface area contributed by atoms with Crippen molar-refractivity contribution in [2.45, 2.75) is 32.7 Å². The lowest BCUT2D eigenvalue weighted by Gasteiger charge is -2.24. The third-order valence-corrected chi connectivity index (χ3v) is 3.82. The Morgan fingerprint density at radius 3 is 2.39 bits per heavy atom. The fourth-order valence-corrected chi connectivity index (χ4v) is 2.78. The second-order valence-electron chi connectivity index (χ2n) is 5.64. The summed E-state index contributed by atoms with van der Waals surface area (Å²) < 4.78 is 0. The molecule has 1 heterocycles. The number of rotatable bonds is 6. The number of nitrogens with zero attached hydrogens (tertiary/aromatic N) is 1. The van der Waals surface area contributed by atoms with Gasteiger partial charge in [0.1, 0.15) is 0 Å². The summed E-state index contributed by atoms with van der Waals surface area (Å²) >= 11 is 0. The summed E-state index contributed by atoms with van der Waals surface area (Å²) in [6.45, 7) is 9.45. The Kier molecular flexibility index (Phi) is 5.21. The maximum atomic E-state index is 3.72. The maximum absolute atomic E-state index is 3.72. The lowest BCUT2D eigenvalue weighted by atomic mass is 9.96. The van der Waals surface area contributed by atoms with E-state index >= 15 is 0 Å². The molecule has 0 spiro atoms. The molecule has 1 aliphatic heterocycles. The summed E-state index contributed by atoms with van der Waals surface area (Å²) in [6, 6.07) is 11.3. The number of hydrogen-bond acceptors (Lipinski definition) is 2. The smallest absolute Gasteiger partial charge is 0.0343 e. The third kappa shape index (κ3) is 3.82. The van der Waals surface area contributed by atoms with Crippen molar-refractivity contribution in [1.29, 1.82) is 0 Å². The molecule has 0 saturated carbocycles. The monoisotopic (exact) mass is 246 g/mol. The molecule has 0 radical (unpaired) electrons. The lowest BCUT2D eigenvalue weighted by Crippen LogP contribution is -2.34. The molecule has 1 fully saturated rings. The molecule has 1 saturated heterocycles. The zero-order chi connectivity index (χ0) is 12.8. The number of hydrogen-bond donors (Lipinski definition) is 1. The Bertz CT molecular complexity index is 328. The van der Waals surface area contributed by atoms with Crippen LogP contribution in [0.2, 0.25) is 0 Å². The largest absolute Gasteiger partial charge is 0.308 e. The second-order valence-corrected chi connectivity index (χ2v) is 5.64. The van der Waals surface area contributed by atoms with E-state index in [9.17, 15) is 0 Å². The molecule has 1 aliphatic rings. The van der Waals surface area contributed by atoms with Crippen molar-refractivity contribution in [3.63, 3.8) is 0 Å². The van der Waals surface area contributed by atoms with E-state index in [4.69, 9.17) is 0 Å². The van der Waals surface area contributed by atoms with Gasteiger partial charge in [-0.25, -0.2) is 0 Å². The predicted octanol–water partition coefficient (Wildman–Crippen LogP) is 3.07. The highest BCUT2D eigenvalue weighted by Crippen LogP contribution is 2.21. The van der Waals surface area contributed by atoms with Crippen LogP contribution in [-0.2, 0) is 0 Å². The van der Waals surface area contributed by atoms with Crippen LogP contribution in [0.5, 0.6) is 0 Å². The first kappa shape index (κ1) is 13.6. The van der Waals surface area contributed by atoms with E-state index in [1.807, 2.05) is 0 Å². The van der Waals surface area contributed by atoms with Crippen LogP contribution in [-0.4, -0.2) is 31.1 Å². The molecular formula is C16H26N2. The van der Waals surface area contributed by atoms with E-state index in [1.165, 1.54) is 38.0 Å². The molecule has 1 aromatic carbocycles. The van der Waals surface area contributed by atoms with E-state index in [1.54, 1.807) is 0 Å². The van der Waals surface area contributed by atoms with Gasteiger partial charge in [-0.1, -0.05) is 44.2 Å². The highest BCUT2D eigenvalue weighted by atomic mass is 15.2. The van der Waals surface area contributed by atoms with E-state index in [-0.39, 0.29) is 0 Å². The van der Waals surface area contributed by atoms with Crippen LogP contribution >= 0.6 is 0 Å².